The van der Waals surface area contributed by atoms with Crippen molar-refractivity contribution in [3.8, 4) is 0 Å². The molecule has 0 aliphatic heterocycles. The third-order valence-corrected chi connectivity index (χ3v) is 2.32. The molecular weight excluding hydrogens is 196 g/mol. The summed E-state index contributed by atoms with van der Waals surface area (Å²) in [6.45, 7) is 7.57. The average Bonchev–Trinajstić information content (AvgIpc) is 2.00. The molecule has 0 aliphatic rings. The first-order valence-electron chi connectivity index (χ1n) is 4.95. The Morgan fingerprint density at radius 2 is 1.40 bits per heavy atom. The topological polar surface area (TPSA) is 74.6 Å². The highest BCUT2D eigenvalue weighted by Crippen LogP contribution is 2.28. The second-order valence-electron chi connectivity index (χ2n) is 4.26. The smallest absolute Gasteiger partial charge is 0.332 e. The van der Waals surface area contributed by atoms with Crippen molar-refractivity contribution in [2.75, 3.05) is 0 Å². The first-order chi connectivity index (χ1) is 6.77. The Balaban J connectivity index is 5.20. The lowest BCUT2D eigenvalue weighted by Gasteiger charge is -2.25. The van der Waals surface area contributed by atoms with Crippen LogP contribution in [0.3, 0.4) is 0 Å². The van der Waals surface area contributed by atoms with Gasteiger partial charge in [0.1, 0.15) is 0 Å². The summed E-state index contributed by atoms with van der Waals surface area (Å²) in [7, 11) is 0. The van der Waals surface area contributed by atoms with Crippen LogP contribution in [0.1, 0.15) is 27.7 Å². The van der Waals surface area contributed by atoms with E-state index in [0.29, 0.717) is 0 Å². The Morgan fingerprint density at radius 3 is 1.60 bits per heavy atom. The Bertz CT molecular complexity index is 268. The highest BCUT2D eigenvalue weighted by Gasteiger charge is 2.27. The Labute approximate surface area is 89.6 Å². The lowest BCUT2D eigenvalue weighted by Crippen LogP contribution is -2.24. The van der Waals surface area contributed by atoms with Crippen molar-refractivity contribution in [3.63, 3.8) is 0 Å². The van der Waals surface area contributed by atoms with Crippen LogP contribution in [0.15, 0.2) is 11.6 Å². The molecule has 0 aromatic carbocycles. The van der Waals surface area contributed by atoms with Crippen LogP contribution in [0.4, 0.5) is 0 Å². The Hall–Kier alpha value is -1.32. The van der Waals surface area contributed by atoms with E-state index in [0.717, 1.165) is 6.08 Å². The van der Waals surface area contributed by atoms with E-state index in [4.69, 9.17) is 10.2 Å². The molecule has 0 atom stereocenters. The molecule has 4 heteroatoms. The number of carboxylic acid groups (broad SMARTS) is 2. The van der Waals surface area contributed by atoms with Crippen LogP contribution in [0.25, 0.3) is 0 Å². The van der Waals surface area contributed by atoms with Crippen LogP contribution in [-0.4, -0.2) is 22.2 Å². The molecule has 86 valence electrons. The van der Waals surface area contributed by atoms with Gasteiger partial charge in [-0.3, -0.25) is 0 Å². The van der Waals surface area contributed by atoms with E-state index in [9.17, 15) is 9.59 Å². The first kappa shape index (κ1) is 13.7. The van der Waals surface area contributed by atoms with Crippen LogP contribution in [-0.2, 0) is 9.59 Å². The highest BCUT2D eigenvalue weighted by atomic mass is 16.4. The molecule has 0 rings (SSSR count). The van der Waals surface area contributed by atoms with Crippen LogP contribution < -0.4 is 0 Å². The second-order valence-corrected chi connectivity index (χ2v) is 4.26. The summed E-state index contributed by atoms with van der Waals surface area (Å²) < 4.78 is 0. The number of hydrogen-bond acceptors (Lipinski definition) is 2. The summed E-state index contributed by atoms with van der Waals surface area (Å²) in [6.07, 6.45) is 0.799. The van der Waals surface area contributed by atoms with Crippen LogP contribution in [0.2, 0.25) is 0 Å². The molecule has 0 heterocycles. The summed E-state index contributed by atoms with van der Waals surface area (Å²) in [4.78, 5) is 21.5. The molecule has 0 saturated heterocycles. The molecular formula is C11H18O4. The standard InChI is InChI=1S/C11H18O4/c1-6(2)10(7(3)4)8(11(14)15)5-9(12)13/h5-7,10H,1-4H3,(H,12,13)(H,14,15)/b8-5-. The number of aliphatic carboxylic acids is 2. The molecule has 0 aromatic rings. The minimum Gasteiger partial charge on any atom is -0.478 e. The molecule has 0 bridgehead atoms. The van der Waals surface area contributed by atoms with Gasteiger partial charge >= 0.3 is 11.9 Å². The molecule has 4 nitrogen and oxygen atoms in total. The molecule has 0 saturated carbocycles. The first-order valence-corrected chi connectivity index (χ1v) is 4.95. The van der Waals surface area contributed by atoms with Crippen molar-refractivity contribution in [2.45, 2.75) is 27.7 Å². The Morgan fingerprint density at radius 1 is 1.00 bits per heavy atom. The summed E-state index contributed by atoms with van der Waals surface area (Å²) in [5, 5.41) is 17.6. The number of hydrogen-bond donors (Lipinski definition) is 2. The quantitative estimate of drug-likeness (QED) is 0.686. The third-order valence-electron chi connectivity index (χ3n) is 2.32. The summed E-state index contributed by atoms with van der Waals surface area (Å²) in [5.41, 5.74) is -0.0208. The monoisotopic (exact) mass is 214 g/mol. The fraction of sp³-hybridized carbons (Fsp3) is 0.636. The van der Waals surface area contributed by atoms with E-state index in [1.54, 1.807) is 0 Å². The van der Waals surface area contributed by atoms with E-state index < -0.39 is 11.9 Å². The summed E-state index contributed by atoms with van der Waals surface area (Å²) in [5.74, 6) is -2.39. The van der Waals surface area contributed by atoms with Crippen molar-refractivity contribution in [1.29, 1.82) is 0 Å². The van der Waals surface area contributed by atoms with Gasteiger partial charge in [0, 0.05) is 11.6 Å². The fourth-order valence-electron chi connectivity index (χ4n) is 1.92. The van der Waals surface area contributed by atoms with Crippen LogP contribution >= 0.6 is 0 Å². The SMILES string of the molecule is CC(C)C(/C(=C/C(=O)O)C(=O)O)C(C)C. The predicted octanol–water partition coefficient (Wildman–Crippen LogP) is 2.01. The van der Waals surface area contributed by atoms with E-state index in [-0.39, 0.29) is 23.3 Å². The third kappa shape index (κ3) is 4.14. The second kappa shape index (κ2) is 5.53. The van der Waals surface area contributed by atoms with Crippen molar-refractivity contribution in [1.82, 2.24) is 0 Å². The number of carbonyl (C=O) groups is 2. The van der Waals surface area contributed by atoms with E-state index in [1.165, 1.54) is 0 Å². The fourth-order valence-corrected chi connectivity index (χ4v) is 1.92. The van der Waals surface area contributed by atoms with Crippen molar-refractivity contribution in [2.24, 2.45) is 17.8 Å². The van der Waals surface area contributed by atoms with Crippen molar-refractivity contribution < 1.29 is 19.8 Å². The van der Waals surface area contributed by atoms with E-state index >= 15 is 0 Å². The van der Waals surface area contributed by atoms with Gasteiger partial charge in [-0.25, -0.2) is 9.59 Å². The zero-order chi connectivity index (χ0) is 12.2. The van der Waals surface area contributed by atoms with Gasteiger partial charge in [-0.1, -0.05) is 27.7 Å². The van der Waals surface area contributed by atoms with E-state index in [1.807, 2.05) is 27.7 Å². The van der Waals surface area contributed by atoms with Gasteiger partial charge in [-0.15, -0.1) is 0 Å². The van der Waals surface area contributed by atoms with Gasteiger partial charge in [0.25, 0.3) is 0 Å². The number of carboxylic acids is 2. The molecule has 0 spiro atoms. The maximum atomic E-state index is 11.0. The minimum absolute atomic E-state index is 0.0208. The van der Waals surface area contributed by atoms with Gasteiger partial charge in [-0.05, 0) is 17.8 Å². The van der Waals surface area contributed by atoms with Gasteiger partial charge in [0.2, 0.25) is 0 Å². The predicted molar refractivity (Wildman–Crippen MR) is 56.5 cm³/mol. The molecule has 0 aromatic heterocycles. The minimum atomic E-state index is -1.21. The average molecular weight is 214 g/mol. The summed E-state index contributed by atoms with van der Waals surface area (Å²) in [6, 6.07) is 0. The molecule has 0 aliphatic carbocycles. The van der Waals surface area contributed by atoms with Gasteiger partial charge in [0.15, 0.2) is 0 Å². The summed E-state index contributed by atoms with van der Waals surface area (Å²) >= 11 is 0. The van der Waals surface area contributed by atoms with Gasteiger partial charge < -0.3 is 10.2 Å². The van der Waals surface area contributed by atoms with Gasteiger partial charge in [0.05, 0.1) is 0 Å². The molecule has 0 unspecified atom stereocenters. The molecule has 0 amide bonds. The maximum absolute atomic E-state index is 11.0. The lowest BCUT2D eigenvalue weighted by atomic mass is 9.79. The Kier molecular flexibility index (Phi) is 5.05. The lowest BCUT2D eigenvalue weighted by molar-refractivity contribution is -0.136. The zero-order valence-corrected chi connectivity index (χ0v) is 9.52. The highest BCUT2D eigenvalue weighted by molar-refractivity contribution is 5.95. The van der Waals surface area contributed by atoms with Crippen molar-refractivity contribution >= 4 is 11.9 Å². The normalized spacial score (nSPS) is 12.6. The molecule has 2 N–H and O–H groups in total. The largest absolute Gasteiger partial charge is 0.478 e. The van der Waals surface area contributed by atoms with Crippen LogP contribution in [0.5, 0.6) is 0 Å². The van der Waals surface area contributed by atoms with E-state index in [2.05, 4.69) is 0 Å². The van der Waals surface area contributed by atoms with Gasteiger partial charge in [-0.2, -0.15) is 0 Å². The zero-order valence-electron chi connectivity index (χ0n) is 9.52. The van der Waals surface area contributed by atoms with Crippen LogP contribution in [0, 0.1) is 17.8 Å². The molecule has 0 radical (unpaired) electrons. The van der Waals surface area contributed by atoms with Crippen molar-refractivity contribution in [3.05, 3.63) is 11.6 Å². The molecule has 0 fully saturated rings. The molecule has 15 heavy (non-hydrogen) atoms. The maximum Gasteiger partial charge on any atom is 0.332 e. The number of rotatable bonds is 5.